The van der Waals surface area contributed by atoms with E-state index in [0.29, 0.717) is 12.8 Å². The second-order valence-corrected chi connectivity index (χ2v) is 17.3. The van der Waals surface area contributed by atoms with Crippen molar-refractivity contribution >= 4 is 18.4 Å². The van der Waals surface area contributed by atoms with Crippen molar-refractivity contribution < 1.29 is 22.1 Å². The Kier molecular flexibility index (Phi) is 6.12. The Balaban J connectivity index is 2.35. The van der Waals surface area contributed by atoms with E-state index in [-0.39, 0.29) is 34.5 Å². The fourth-order valence-corrected chi connectivity index (χ4v) is 7.49. The molecule has 0 amide bonds. The predicted octanol–water partition coefficient (Wildman–Crippen LogP) is 4.32. The molecule has 0 bridgehead atoms. The number of hydrogen-bond donors (Lipinski definition) is 1. The van der Waals surface area contributed by atoms with E-state index in [4.69, 9.17) is 8.61 Å². The Morgan fingerprint density at radius 2 is 1.67 bits per heavy atom. The van der Waals surface area contributed by atoms with Gasteiger partial charge in [0.05, 0.1) is 24.1 Å². The van der Waals surface area contributed by atoms with E-state index in [0.717, 1.165) is 19.1 Å². The Morgan fingerprint density at radius 3 is 2.15 bits per heavy atom. The van der Waals surface area contributed by atoms with Crippen molar-refractivity contribution in [3.63, 3.8) is 0 Å². The van der Waals surface area contributed by atoms with Gasteiger partial charge in [0.1, 0.15) is 0 Å². The van der Waals surface area contributed by atoms with Crippen molar-refractivity contribution in [2.45, 2.75) is 103 Å². The molecule has 6 atom stereocenters. The summed E-state index contributed by atoms with van der Waals surface area (Å²) in [5, 5.41) is 11.4. The van der Waals surface area contributed by atoms with E-state index >= 15 is 0 Å². The molecule has 0 spiro atoms. The van der Waals surface area contributed by atoms with Gasteiger partial charge in [0, 0.05) is 5.92 Å². The van der Waals surface area contributed by atoms with Crippen LogP contribution < -0.4 is 0 Å². The molecule has 5 nitrogen and oxygen atoms in total. The van der Waals surface area contributed by atoms with E-state index in [1.807, 2.05) is 13.8 Å². The van der Waals surface area contributed by atoms with Gasteiger partial charge in [-0.3, -0.25) is 4.18 Å². The van der Waals surface area contributed by atoms with E-state index in [2.05, 4.69) is 40.8 Å². The van der Waals surface area contributed by atoms with Gasteiger partial charge in [-0.2, -0.15) is 8.42 Å². The maximum absolute atomic E-state index is 11.7. The third kappa shape index (κ3) is 4.63. The minimum absolute atomic E-state index is 0.0562. The molecule has 0 unspecified atom stereocenters. The summed E-state index contributed by atoms with van der Waals surface area (Å²) in [5.41, 5.74) is -1.03. The van der Waals surface area contributed by atoms with Gasteiger partial charge in [-0.15, -0.1) is 0 Å². The zero-order valence-electron chi connectivity index (χ0n) is 18.6. The number of rotatable bonds is 4. The van der Waals surface area contributed by atoms with E-state index in [9.17, 15) is 13.5 Å². The fraction of sp³-hybridized carbons (Fsp3) is 1.00. The lowest BCUT2D eigenvalue weighted by Gasteiger charge is -2.61. The lowest BCUT2D eigenvalue weighted by atomic mass is 9.50. The summed E-state index contributed by atoms with van der Waals surface area (Å²) in [7, 11) is -5.47. The van der Waals surface area contributed by atoms with Crippen molar-refractivity contribution in [3.05, 3.63) is 0 Å². The summed E-state index contributed by atoms with van der Waals surface area (Å²) in [4.78, 5) is 0. The van der Waals surface area contributed by atoms with Gasteiger partial charge in [-0.05, 0) is 62.1 Å². The lowest BCUT2D eigenvalue weighted by Crippen LogP contribution is -2.63. The smallest absolute Gasteiger partial charge is 0.264 e. The molecule has 0 saturated heterocycles. The quantitative estimate of drug-likeness (QED) is 0.542. The van der Waals surface area contributed by atoms with E-state index in [1.165, 1.54) is 0 Å². The Labute approximate surface area is 167 Å². The van der Waals surface area contributed by atoms with Crippen LogP contribution in [-0.4, -0.2) is 45.9 Å². The summed E-state index contributed by atoms with van der Waals surface area (Å²) < 4.78 is 35.7. The van der Waals surface area contributed by atoms with Crippen LogP contribution in [0, 0.1) is 17.3 Å². The predicted molar refractivity (Wildman–Crippen MR) is 112 cm³/mol. The first-order chi connectivity index (χ1) is 11.9. The largest absolute Gasteiger partial charge is 0.413 e. The molecule has 160 valence electrons. The molecule has 2 aliphatic carbocycles. The zero-order valence-corrected chi connectivity index (χ0v) is 20.4. The molecule has 2 saturated carbocycles. The van der Waals surface area contributed by atoms with Crippen LogP contribution in [0.4, 0.5) is 0 Å². The number of fused-ring (bicyclic) bond motifs is 1. The molecule has 0 aromatic carbocycles. The molecule has 2 rings (SSSR count). The highest BCUT2D eigenvalue weighted by Gasteiger charge is 2.60. The van der Waals surface area contributed by atoms with Crippen LogP contribution in [0.5, 0.6) is 0 Å². The molecule has 0 aromatic heterocycles. The molecular weight excluding hydrogens is 380 g/mol. The van der Waals surface area contributed by atoms with Crippen LogP contribution in [0.1, 0.15) is 67.2 Å². The molecule has 0 aliphatic heterocycles. The molecule has 27 heavy (non-hydrogen) atoms. The summed E-state index contributed by atoms with van der Waals surface area (Å²) in [6, 6.07) is 0. The van der Waals surface area contributed by atoms with E-state index < -0.39 is 24.0 Å². The first-order valence-electron chi connectivity index (χ1n) is 10.2. The maximum Gasteiger partial charge on any atom is 0.264 e. The molecule has 2 aliphatic rings. The van der Waals surface area contributed by atoms with Crippen LogP contribution in [0.25, 0.3) is 0 Å². The molecule has 1 N–H and O–H groups in total. The average molecular weight is 421 g/mol. The van der Waals surface area contributed by atoms with Gasteiger partial charge >= 0.3 is 0 Å². The summed E-state index contributed by atoms with van der Waals surface area (Å²) in [6.45, 7) is 17.5. The number of hydrogen-bond acceptors (Lipinski definition) is 5. The maximum atomic E-state index is 11.7. The van der Waals surface area contributed by atoms with Crippen LogP contribution in [0.3, 0.4) is 0 Å². The van der Waals surface area contributed by atoms with Crippen molar-refractivity contribution in [1.29, 1.82) is 0 Å². The highest BCUT2D eigenvalue weighted by molar-refractivity contribution is 7.86. The SMILES string of the molecule is C[C@@H]1[C@@H](OS(C)(=O)=O)CC[C@]2(C)[C@@H](O[Si](C)(C)C(C)(C)C)CC[C@@](C)(O)[C@@H]12. The van der Waals surface area contributed by atoms with Crippen molar-refractivity contribution in [2.24, 2.45) is 17.3 Å². The second kappa shape index (κ2) is 7.08. The minimum atomic E-state index is -3.52. The zero-order chi connectivity index (χ0) is 21.1. The molecule has 0 aromatic rings. The highest BCUT2D eigenvalue weighted by atomic mass is 32.2. The Bertz CT molecular complexity index is 652. The van der Waals surface area contributed by atoms with Crippen LogP contribution in [-0.2, 0) is 18.7 Å². The minimum Gasteiger partial charge on any atom is -0.413 e. The molecule has 0 radical (unpaired) electrons. The normalized spacial score (nSPS) is 41.3. The standard InChI is InChI=1S/C20H40O5SSi/c1-14-15(24-26(7,22)23)10-12-19(5)16(11-13-20(6,21)17(14)19)25-27(8,9)18(2,3)4/h14-17,21H,10-13H2,1-9H3/t14-,15+,16+,17+,19-,20-/m1/s1. The van der Waals surface area contributed by atoms with Gasteiger partial charge < -0.3 is 9.53 Å². The molecule has 7 heteroatoms. The number of aliphatic hydroxyl groups is 1. The Morgan fingerprint density at radius 1 is 1.11 bits per heavy atom. The fourth-order valence-electron chi connectivity index (χ4n) is 5.32. The molecule has 0 heterocycles. The third-order valence-electron chi connectivity index (χ3n) is 7.65. The van der Waals surface area contributed by atoms with Crippen molar-refractivity contribution in [3.8, 4) is 0 Å². The summed E-state index contributed by atoms with van der Waals surface area (Å²) in [5.74, 6) is -0.117. The lowest BCUT2D eigenvalue weighted by molar-refractivity contribution is -0.196. The molecular formula is C20H40O5SSi. The van der Waals surface area contributed by atoms with Crippen LogP contribution in [0.2, 0.25) is 18.1 Å². The van der Waals surface area contributed by atoms with E-state index in [1.54, 1.807) is 0 Å². The Hall–Kier alpha value is 0.0469. The average Bonchev–Trinajstić information content (AvgIpc) is 2.43. The van der Waals surface area contributed by atoms with Gasteiger partial charge in [0.25, 0.3) is 10.1 Å². The van der Waals surface area contributed by atoms with Crippen molar-refractivity contribution in [1.82, 2.24) is 0 Å². The van der Waals surface area contributed by atoms with Crippen LogP contribution >= 0.6 is 0 Å². The van der Waals surface area contributed by atoms with Gasteiger partial charge in [0.15, 0.2) is 8.32 Å². The van der Waals surface area contributed by atoms with Crippen molar-refractivity contribution in [2.75, 3.05) is 6.26 Å². The first-order valence-corrected chi connectivity index (χ1v) is 14.9. The van der Waals surface area contributed by atoms with Gasteiger partial charge in [-0.1, -0.05) is 34.6 Å². The topological polar surface area (TPSA) is 72.8 Å². The third-order valence-corrected chi connectivity index (χ3v) is 12.7. The highest BCUT2D eigenvalue weighted by Crippen LogP contribution is 2.58. The van der Waals surface area contributed by atoms with Gasteiger partial charge in [0.2, 0.25) is 0 Å². The molecule has 2 fully saturated rings. The summed E-state index contributed by atoms with van der Waals surface area (Å²) >= 11 is 0. The monoisotopic (exact) mass is 420 g/mol. The van der Waals surface area contributed by atoms with Gasteiger partial charge in [-0.25, -0.2) is 0 Å². The summed E-state index contributed by atoms with van der Waals surface area (Å²) in [6.07, 6.45) is 3.81. The first kappa shape index (κ1) is 23.3. The second-order valence-electron chi connectivity index (χ2n) is 11.0. The van der Waals surface area contributed by atoms with Crippen LogP contribution in [0.15, 0.2) is 0 Å².